The molecule has 0 aliphatic heterocycles. The smallest absolute Gasteiger partial charge is 0.0587 e. The minimum atomic E-state index is -0.0482. The fourth-order valence-corrected chi connectivity index (χ4v) is 2.78. The number of nitrogens with one attached hydrogen (secondary N) is 1. The van der Waals surface area contributed by atoms with E-state index in [4.69, 9.17) is 10.5 Å². The Labute approximate surface area is 103 Å². The molecular formula is C14H22N2O. The average molecular weight is 234 g/mol. The van der Waals surface area contributed by atoms with Crippen molar-refractivity contribution in [3.63, 3.8) is 0 Å². The lowest BCUT2D eigenvalue weighted by Crippen LogP contribution is -2.51. The molecule has 1 unspecified atom stereocenters. The molecular weight excluding hydrogens is 212 g/mol. The van der Waals surface area contributed by atoms with E-state index in [9.17, 15) is 0 Å². The second kappa shape index (κ2) is 5.63. The second-order valence-corrected chi connectivity index (χ2v) is 4.72. The normalized spacial score (nSPS) is 23.4. The van der Waals surface area contributed by atoms with Gasteiger partial charge in [0, 0.05) is 20.2 Å². The zero-order chi connectivity index (χ0) is 12.1. The maximum atomic E-state index is 6.03. The first-order valence-corrected chi connectivity index (χ1v) is 6.35. The van der Waals surface area contributed by atoms with Gasteiger partial charge in [-0.15, -0.1) is 0 Å². The molecule has 0 heterocycles. The van der Waals surface area contributed by atoms with Crippen LogP contribution in [0, 0.1) is 0 Å². The fraction of sp³-hybridized carbons (Fsp3) is 0.571. The maximum absolute atomic E-state index is 6.03. The summed E-state index contributed by atoms with van der Waals surface area (Å²) in [5, 5.41) is 3.59. The van der Waals surface area contributed by atoms with E-state index in [2.05, 4.69) is 29.6 Å². The molecule has 0 aromatic heterocycles. The summed E-state index contributed by atoms with van der Waals surface area (Å²) in [5.74, 6) is 0. The average Bonchev–Trinajstić information content (AvgIpc) is 2.39. The van der Waals surface area contributed by atoms with Gasteiger partial charge in [0.15, 0.2) is 0 Å². The van der Waals surface area contributed by atoms with E-state index < -0.39 is 0 Å². The predicted octanol–water partition coefficient (Wildman–Crippen LogP) is 1.41. The highest BCUT2D eigenvalue weighted by Gasteiger charge is 2.34. The van der Waals surface area contributed by atoms with Crippen LogP contribution in [0.15, 0.2) is 24.3 Å². The van der Waals surface area contributed by atoms with Crippen molar-refractivity contribution in [2.75, 3.05) is 26.8 Å². The van der Waals surface area contributed by atoms with Crippen molar-refractivity contribution in [1.82, 2.24) is 5.32 Å². The minimum absolute atomic E-state index is 0.0482. The maximum Gasteiger partial charge on any atom is 0.0587 e. The third-order valence-corrected chi connectivity index (χ3v) is 3.70. The summed E-state index contributed by atoms with van der Waals surface area (Å²) >= 11 is 0. The highest BCUT2D eigenvalue weighted by Crippen LogP contribution is 2.34. The van der Waals surface area contributed by atoms with Gasteiger partial charge in [-0.2, -0.15) is 0 Å². The molecule has 0 bridgehead atoms. The van der Waals surface area contributed by atoms with Crippen LogP contribution < -0.4 is 11.1 Å². The number of hydrogen-bond donors (Lipinski definition) is 2. The van der Waals surface area contributed by atoms with Crippen LogP contribution in [0.25, 0.3) is 0 Å². The Morgan fingerprint density at radius 1 is 1.41 bits per heavy atom. The number of ether oxygens (including phenoxy) is 1. The lowest BCUT2D eigenvalue weighted by Gasteiger charge is -2.39. The summed E-state index contributed by atoms with van der Waals surface area (Å²) in [5.41, 5.74) is 8.80. The summed E-state index contributed by atoms with van der Waals surface area (Å²) in [7, 11) is 1.73. The Balaban J connectivity index is 2.22. The molecule has 1 atom stereocenters. The first-order valence-electron chi connectivity index (χ1n) is 6.35. The van der Waals surface area contributed by atoms with Crippen LogP contribution in [0.3, 0.4) is 0 Å². The van der Waals surface area contributed by atoms with Gasteiger partial charge in [-0.3, -0.25) is 0 Å². The molecule has 0 amide bonds. The zero-order valence-corrected chi connectivity index (χ0v) is 10.5. The van der Waals surface area contributed by atoms with Gasteiger partial charge in [-0.05, 0) is 30.4 Å². The number of fused-ring (bicyclic) bond motifs is 1. The van der Waals surface area contributed by atoms with Crippen molar-refractivity contribution in [1.29, 1.82) is 0 Å². The Hall–Kier alpha value is -0.900. The van der Waals surface area contributed by atoms with Gasteiger partial charge in [-0.1, -0.05) is 24.3 Å². The van der Waals surface area contributed by atoms with Crippen molar-refractivity contribution in [3.8, 4) is 0 Å². The van der Waals surface area contributed by atoms with Crippen molar-refractivity contribution in [2.24, 2.45) is 5.73 Å². The molecule has 1 aliphatic rings. The number of aryl methyl sites for hydroxylation is 1. The number of benzene rings is 1. The highest BCUT2D eigenvalue weighted by atomic mass is 16.5. The molecule has 94 valence electrons. The van der Waals surface area contributed by atoms with Crippen LogP contribution in [0.1, 0.15) is 24.0 Å². The number of methoxy groups -OCH3 is 1. The van der Waals surface area contributed by atoms with Gasteiger partial charge in [0.2, 0.25) is 0 Å². The van der Waals surface area contributed by atoms with E-state index in [1.807, 2.05) is 0 Å². The lowest BCUT2D eigenvalue weighted by molar-refractivity contribution is 0.179. The molecule has 3 nitrogen and oxygen atoms in total. The van der Waals surface area contributed by atoms with Crippen LogP contribution in [-0.2, 0) is 16.7 Å². The van der Waals surface area contributed by atoms with Crippen LogP contribution in [0.4, 0.5) is 0 Å². The predicted molar refractivity (Wildman–Crippen MR) is 70.0 cm³/mol. The summed E-state index contributed by atoms with van der Waals surface area (Å²) in [6.07, 6.45) is 3.49. The molecule has 0 spiro atoms. The van der Waals surface area contributed by atoms with Crippen LogP contribution in [-0.4, -0.2) is 26.8 Å². The lowest BCUT2D eigenvalue weighted by atomic mass is 9.76. The number of hydrogen-bond acceptors (Lipinski definition) is 3. The molecule has 3 heteroatoms. The molecule has 1 aliphatic carbocycles. The fourth-order valence-electron chi connectivity index (χ4n) is 2.78. The second-order valence-electron chi connectivity index (χ2n) is 4.72. The first kappa shape index (κ1) is 12.6. The molecule has 0 saturated carbocycles. The van der Waals surface area contributed by atoms with E-state index in [1.54, 1.807) is 7.11 Å². The molecule has 1 aromatic carbocycles. The van der Waals surface area contributed by atoms with E-state index in [0.29, 0.717) is 6.54 Å². The molecule has 2 rings (SSSR count). The Morgan fingerprint density at radius 2 is 2.24 bits per heavy atom. The van der Waals surface area contributed by atoms with Crippen molar-refractivity contribution in [2.45, 2.75) is 24.8 Å². The summed E-state index contributed by atoms with van der Waals surface area (Å²) in [4.78, 5) is 0. The van der Waals surface area contributed by atoms with Crippen LogP contribution >= 0.6 is 0 Å². The SMILES string of the molecule is COCCNC1(CN)CCCc2ccccc21. The van der Waals surface area contributed by atoms with Gasteiger partial charge in [0.05, 0.1) is 12.1 Å². The summed E-state index contributed by atoms with van der Waals surface area (Å²) in [6, 6.07) is 8.64. The van der Waals surface area contributed by atoms with Gasteiger partial charge >= 0.3 is 0 Å². The number of rotatable bonds is 5. The van der Waals surface area contributed by atoms with Gasteiger partial charge in [0.1, 0.15) is 0 Å². The monoisotopic (exact) mass is 234 g/mol. The topological polar surface area (TPSA) is 47.3 Å². The van der Waals surface area contributed by atoms with Crippen molar-refractivity contribution in [3.05, 3.63) is 35.4 Å². The van der Waals surface area contributed by atoms with Crippen molar-refractivity contribution >= 4 is 0 Å². The quantitative estimate of drug-likeness (QED) is 0.757. The summed E-state index contributed by atoms with van der Waals surface area (Å²) < 4.78 is 5.11. The largest absolute Gasteiger partial charge is 0.383 e. The van der Waals surface area contributed by atoms with E-state index in [-0.39, 0.29) is 5.54 Å². The molecule has 0 radical (unpaired) electrons. The first-order chi connectivity index (χ1) is 8.32. The minimum Gasteiger partial charge on any atom is -0.383 e. The molecule has 17 heavy (non-hydrogen) atoms. The molecule has 0 saturated heterocycles. The molecule has 1 aromatic rings. The zero-order valence-electron chi connectivity index (χ0n) is 10.5. The van der Waals surface area contributed by atoms with E-state index in [0.717, 1.165) is 19.6 Å². The number of nitrogens with two attached hydrogens (primary N) is 1. The van der Waals surface area contributed by atoms with E-state index >= 15 is 0 Å². The van der Waals surface area contributed by atoms with Gasteiger partial charge < -0.3 is 15.8 Å². The van der Waals surface area contributed by atoms with Crippen molar-refractivity contribution < 1.29 is 4.74 Å². The Kier molecular flexibility index (Phi) is 4.15. The Bertz CT molecular complexity index is 367. The highest BCUT2D eigenvalue weighted by molar-refractivity contribution is 5.36. The van der Waals surface area contributed by atoms with Crippen LogP contribution in [0.2, 0.25) is 0 Å². The van der Waals surface area contributed by atoms with Gasteiger partial charge in [0.25, 0.3) is 0 Å². The Morgan fingerprint density at radius 3 is 3.00 bits per heavy atom. The summed E-state index contributed by atoms with van der Waals surface area (Å²) in [6.45, 7) is 2.22. The third kappa shape index (κ3) is 2.51. The third-order valence-electron chi connectivity index (χ3n) is 3.70. The van der Waals surface area contributed by atoms with Crippen LogP contribution in [0.5, 0.6) is 0 Å². The molecule has 3 N–H and O–H groups in total. The molecule has 0 fully saturated rings. The van der Waals surface area contributed by atoms with E-state index in [1.165, 1.54) is 24.0 Å². The van der Waals surface area contributed by atoms with Gasteiger partial charge in [-0.25, -0.2) is 0 Å². The standard InChI is InChI=1S/C14H22N2O/c1-17-10-9-16-14(11-15)8-4-6-12-5-2-3-7-13(12)14/h2-3,5,7,16H,4,6,8-11,15H2,1H3.